The molecule has 0 spiro atoms. The topological polar surface area (TPSA) is 66.9 Å². The van der Waals surface area contributed by atoms with E-state index in [1.807, 2.05) is 0 Å². The maximum atomic E-state index is 10.9. The van der Waals surface area contributed by atoms with Crippen LogP contribution in [0.15, 0.2) is 33.6 Å². The van der Waals surface area contributed by atoms with Crippen LogP contribution in [0.5, 0.6) is 0 Å². The Bertz CT molecular complexity index is 343. The third-order valence-electron chi connectivity index (χ3n) is 1.16. The van der Waals surface area contributed by atoms with Crippen LogP contribution in [0.25, 0.3) is 0 Å². The number of nitrogens with two attached hydrogens (primary N) is 1. The first kappa shape index (κ1) is 8.70. The van der Waals surface area contributed by atoms with E-state index in [-0.39, 0.29) is 0 Å². The zero-order valence-corrected chi connectivity index (χ0v) is 7.98. The molecule has 0 amide bonds. The van der Waals surface area contributed by atoms with Crippen molar-refractivity contribution in [2.24, 2.45) is 5.14 Å². The van der Waals surface area contributed by atoms with Gasteiger partial charge in [0.05, 0.1) is 4.90 Å². The molecule has 1 unspecified atom stereocenters. The summed E-state index contributed by atoms with van der Waals surface area (Å²) < 4.78 is 18.8. The molecule has 0 fully saturated rings. The van der Waals surface area contributed by atoms with E-state index in [4.69, 9.17) is 9.92 Å². The predicted molar refractivity (Wildman–Crippen MR) is 47.5 cm³/mol. The van der Waals surface area contributed by atoms with Crippen molar-refractivity contribution in [3.8, 4) is 0 Å². The average Bonchev–Trinajstić information content (AvgIpc) is 1.86. The molecule has 0 heterocycles. The van der Waals surface area contributed by atoms with Crippen molar-refractivity contribution in [3.63, 3.8) is 0 Å². The highest BCUT2D eigenvalue weighted by Gasteiger charge is 2.01. The molecule has 60 valence electrons. The SMILES string of the molecule is N=S(N)(=O)c1ccc(Br)cc1. The second kappa shape index (κ2) is 2.92. The van der Waals surface area contributed by atoms with E-state index < -0.39 is 9.92 Å². The fourth-order valence-electron chi connectivity index (χ4n) is 0.637. The molecular formula is C6H7BrN2OS. The monoisotopic (exact) mass is 234 g/mol. The van der Waals surface area contributed by atoms with Crippen LogP contribution in [0.1, 0.15) is 0 Å². The number of rotatable bonds is 1. The summed E-state index contributed by atoms with van der Waals surface area (Å²) in [5.74, 6) is 0. The Morgan fingerprint density at radius 1 is 1.36 bits per heavy atom. The van der Waals surface area contributed by atoms with Gasteiger partial charge >= 0.3 is 0 Å². The molecule has 0 aliphatic carbocycles. The number of nitrogens with one attached hydrogen (secondary N) is 1. The standard InChI is InChI=1S/C6H7BrN2OS/c7-5-1-3-6(4-2-5)11(8,9)10/h1-4H,(H3,8,9,10). The summed E-state index contributed by atoms with van der Waals surface area (Å²) in [5.41, 5.74) is 0. The van der Waals surface area contributed by atoms with E-state index >= 15 is 0 Å². The summed E-state index contributed by atoms with van der Waals surface area (Å²) in [6.07, 6.45) is 0. The minimum atomic E-state index is -3.04. The van der Waals surface area contributed by atoms with E-state index in [0.717, 1.165) is 4.47 Å². The minimum Gasteiger partial charge on any atom is -0.241 e. The van der Waals surface area contributed by atoms with E-state index in [0.29, 0.717) is 4.90 Å². The minimum absolute atomic E-state index is 0.348. The van der Waals surface area contributed by atoms with Crippen molar-refractivity contribution in [1.29, 1.82) is 4.78 Å². The summed E-state index contributed by atoms with van der Waals surface area (Å²) in [5, 5.41) is 5.09. The van der Waals surface area contributed by atoms with Gasteiger partial charge in [0, 0.05) is 4.47 Å². The number of halogens is 1. The normalized spacial score (nSPS) is 15.8. The Morgan fingerprint density at radius 3 is 2.18 bits per heavy atom. The van der Waals surface area contributed by atoms with Gasteiger partial charge in [-0.3, -0.25) is 0 Å². The fraction of sp³-hybridized carbons (Fsp3) is 0. The first-order valence-electron chi connectivity index (χ1n) is 2.82. The largest absolute Gasteiger partial charge is 0.241 e. The number of benzene rings is 1. The second-order valence-electron chi connectivity index (χ2n) is 2.05. The Balaban J connectivity index is 3.20. The first-order valence-corrected chi connectivity index (χ1v) is 5.24. The molecule has 0 aromatic heterocycles. The summed E-state index contributed by atoms with van der Waals surface area (Å²) >= 11 is 3.22. The lowest BCUT2D eigenvalue weighted by Crippen LogP contribution is -2.09. The summed E-state index contributed by atoms with van der Waals surface area (Å²) in [6, 6.07) is 6.55. The molecule has 3 N–H and O–H groups in total. The quantitative estimate of drug-likeness (QED) is 0.764. The Labute approximate surface area is 73.8 Å². The molecule has 0 saturated carbocycles. The van der Waals surface area contributed by atoms with Crippen molar-refractivity contribution in [2.75, 3.05) is 0 Å². The smallest absolute Gasteiger partial charge is 0.132 e. The zero-order chi connectivity index (χ0) is 8.48. The van der Waals surface area contributed by atoms with Crippen LogP contribution in [0.3, 0.4) is 0 Å². The van der Waals surface area contributed by atoms with Crippen molar-refractivity contribution in [2.45, 2.75) is 4.90 Å². The van der Waals surface area contributed by atoms with Crippen molar-refractivity contribution in [3.05, 3.63) is 28.7 Å². The highest BCUT2D eigenvalue weighted by Crippen LogP contribution is 2.13. The lowest BCUT2D eigenvalue weighted by molar-refractivity contribution is 0.676. The van der Waals surface area contributed by atoms with Gasteiger partial charge in [-0.25, -0.2) is 14.1 Å². The molecule has 1 rings (SSSR count). The zero-order valence-electron chi connectivity index (χ0n) is 5.58. The summed E-state index contributed by atoms with van der Waals surface area (Å²) in [4.78, 5) is 0.348. The molecule has 0 aliphatic rings. The van der Waals surface area contributed by atoms with E-state index in [2.05, 4.69) is 15.9 Å². The van der Waals surface area contributed by atoms with Gasteiger partial charge in [0.25, 0.3) is 0 Å². The second-order valence-corrected chi connectivity index (χ2v) is 4.64. The third-order valence-corrected chi connectivity index (χ3v) is 2.66. The van der Waals surface area contributed by atoms with Crippen molar-refractivity contribution in [1.82, 2.24) is 0 Å². The van der Waals surface area contributed by atoms with Crippen LogP contribution in [0.4, 0.5) is 0 Å². The lowest BCUT2D eigenvalue weighted by Gasteiger charge is -1.98. The number of hydrogen-bond donors (Lipinski definition) is 2. The highest BCUT2D eigenvalue weighted by atomic mass is 79.9. The lowest BCUT2D eigenvalue weighted by atomic mass is 10.4. The van der Waals surface area contributed by atoms with Crippen LogP contribution >= 0.6 is 15.9 Å². The van der Waals surface area contributed by atoms with Crippen molar-refractivity contribution >= 4 is 25.8 Å². The maximum Gasteiger partial charge on any atom is 0.132 e. The van der Waals surface area contributed by atoms with Crippen LogP contribution in [-0.2, 0) is 9.92 Å². The average molecular weight is 235 g/mol. The molecule has 1 atom stereocenters. The molecule has 5 heteroatoms. The molecule has 0 bridgehead atoms. The highest BCUT2D eigenvalue weighted by molar-refractivity contribution is 9.10. The van der Waals surface area contributed by atoms with Crippen LogP contribution in [0.2, 0.25) is 0 Å². The summed E-state index contributed by atoms with van der Waals surface area (Å²) in [7, 11) is -3.04. The molecule has 0 aliphatic heterocycles. The van der Waals surface area contributed by atoms with Crippen molar-refractivity contribution < 1.29 is 4.21 Å². The van der Waals surface area contributed by atoms with Gasteiger partial charge in [-0.05, 0) is 24.3 Å². The van der Waals surface area contributed by atoms with Crippen LogP contribution in [0, 0.1) is 4.78 Å². The predicted octanol–water partition coefficient (Wildman–Crippen LogP) is 1.73. The molecule has 1 aromatic carbocycles. The van der Waals surface area contributed by atoms with E-state index in [1.54, 1.807) is 24.3 Å². The molecule has 0 radical (unpaired) electrons. The first-order chi connectivity index (χ1) is 5.00. The van der Waals surface area contributed by atoms with Crippen LogP contribution < -0.4 is 5.14 Å². The van der Waals surface area contributed by atoms with E-state index in [9.17, 15) is 4.21 Å². The van der Waals surface area contributed by atoms with Gasteiger partial charge in [0.1, 0.15) is 9.92 Å². The van der Waals surface area contributed by atoms with Gasteiger partial charge in [-0.1, -0.05) is 15.9 Å². The van der Waals surface area contributed by atoms with Gasteiger partial charge in [0.2, 0.25) is 0 Å². The van der Waals surface area contributed by atoms with Gasteiger partial charge in [0.15, 0.2) is 0 Å². The maximum absolute atomic E-state index is 10.9. The number of hydrogen-bond acceptors (Lipinski definition) is 2. The molecule has 11 heavy (non-hydrogen) atoms. The van der Waals surface area contributed by atoms with Gasteiger partial charge in [-0.15, -0.1) is 0 Å². The third kappa shape index (κ3) is 2.28. The Morgan fingerprint density at radius 2 is 1.82 bits per heavy atom. The summed E-state index contributed by atoms with van der Waals surface area (Å²) in [6.45, 7) is 0. The molecular weight excluding hydrogens is 228 g/mol. The van der Waals surface area contributed by atoms with Gasteiger partial charge in [-0.2, -0.15) is 0 Å². The van der Waals surface area contributed by atoms with E-state index in [1.165, 1.54) is 0 Å². The Kier molecular flexibility index (Phi) is 2.31. The molecule has 0 saturated heterocycles. The Hall–Kier alpha value is -0.390. The fourth-order valence-corrected chi connectivity index (χ4v) is 1.44. The molecule has 3 nitrogen and oxygen atoms in total. The van der Waals surface area contributed by atoms with Gasteiger partial charge < -0.3 is 0 Å². The molecule has 1 aromatic rings. The van der Waals surface area contributed by atoms with Crippen LogP contribution in [-0.4, -0.2) is 4.21 Å².